The minimum atomic E-state index is -4.05. The van der Waals surface area contributed by atoms with E-state index in [1.165, 1.54) is 18.2 Å². The molecule has 5 rings (SSSR count). The summed E-state index contributed by atoms with van der Waals surface area (Å²) in [6, 6.07) is 18.0. The summed E-state index contributed by atoms with van der Waals surface area (Å²) in [7, 11) is -8.05. The van der Waals surface area contributed by atoms with Gasteiger partial charge in [0.15, 0.2) is 19.7 Å². The summed E-state index contributed by atoms with van der Waals surface area (Å²) in [5, 5.41) is -1.34. The van der Waals surface area contributed by atoms with Crippen molar-refractivity contribution in [1.29, 1.82) is 0 Å². The van der Waals surface area contributed by atoms with Crippen LogP contribution in [0.2, 0.25) is 0 Å². The predicted molar refractivity (Wildman–Crippen MR) is 132 cm³/mol. The van der Waals surface area contributed by atoms with Crippen LogP contribution >= 0.6 is 0 Å². The van der Waals surface area contributed by atoms with Gasteiger partial charge in [-0.25, -0.2) is 16.8 Å². The Bertz CT molecular complexity index is 1580. The van der Waals surface area contributed by atoms with Crippen LogP contribution in [0.1, 0.15) is 21.9 Å². The van der Waals surface area contributed by atoms with Crippen molar-refractivity contribution in [2.75, 3.05) is 5.75 Å². The molecule has 0 radical (unpaired) electrons. The lowest BCUT2D eigenvalue weighted by Gasteiger charge is -2.18. The third-order valence-electron chi connectivity index (χ3n) is 5.80. The Morgan fingerprint density at radius 1 is 0.778 bits per heavy atom. The van der Waals surface area contributed by atoms with E-state index in [0.29, 0.717) is 0 Å². The number of hydrogen-bond donors (Lipinski definition) is 0. The van der Waals surface area contributed by atoms with Gasteiger partial charge in [-0.3, -0.25) is 9.97 Å². The lowest BCUT2D eigenvalue weighted by atomic mass is 10.1. The zero-order valence-corrected chi connectivity index (χ0v) is 20.7. The van der Waals surface area contributed by atoms with Gasteiger partial charge in [0.1, 0.15) is 34.9 Å². The lowest BCUT2D eigenvalue weighted by molar-refractivity contribution is 0.287. The molecule has 0 fully saturated rings. The Hall–Kier alpha value is -3.76. The molecule has 0 saturated heterocycles. The standard InChI is InChI=1S/C26H22N2O6S2/c29-35(30)18-24(36(31,32)21-8-2-1-3-9-21)25-22(33-16-19-6-4-12-27-14-19)10-11-23(26(25)35)34-17-20-7-5-13-28-15-20/h1-15,24H,16-18H2. The normalized spacial score (nSPS) is 16.3. The molecule has 4 aromatic rings. The van der Waals surface area contributed by atoms with Gasteiger partial charge in [0.25, 0.3) is 0 Å². The van der Waals surface area contributed by atoms with E-state index in [4.69, 9.17) is 9.47 Å². The van der Waals surface area contributed by atoms with Crippen LogP contribution in [0, 0.1) is 0 Å². The number of hydrogen-bond acceptors (Lipinski definition) is 8. The van der Waals surface area contributed by atoms with Gasteiger partial charge in [-0.05, 0) is 36.4 Å². The van der Waals surface area contributed by atoms with E-state index in [-0.39, 0.29) is 40.1 Å². The lowest BCUT2D eigenvalue weighted by Crippen LogP contribution is -2.16. The monoisotopic (exact) mass is 522 g/mol. The van der Waals surface area contributed by atoms with E-state index in [0.717, 1.165) is 11.1 Å². The summed E-state index contributed by atoms with van der Waals surface area (Å²) in [5.41, 5.74) is 1.59. The van der Waals surface area contributed by atoms with Crippen LogP contribution in [0.3, 0.4) is 0 Å². The molecule has 0 N–H and O–H groups in total. The Labute approximate surface area is 209 Å². The molecular formula is C26H22N2O6S2. The zero-order valence-electron chi connectivity index (χ0n) is 19.0. The van der Waals surface area contributed by atoms with E-state index < -0.39 is 30.7 Å². The number of fused-ring (bicyclic) bond motifs is 1. The average molecular weight is 523 g/mol. The summed E-state index contributed by atoms with van der Waals surface area (Å²) in [6.07, 6.45) is 6.49. The third-order valence-corrected chi connectivity index (χ3v) is 9.91. The van der Waals surface area contributed by atoms with Crippen LogP contribution in [-0.2, 0) is 32.9 Å². The van der Waals surface area contributed by atoms with Crippen LogP contribution in [0.5, 0.6) is 11.5 Å². The second kappa shape index (κ2) is 9.71. The fourth-order valence-electron chi connectivity index (χ4n) is 4.10. The first-order valence-corrected chi connectivity index (χ1v) is 14.3. The van der Waals surface area contributed by atoms with Gasteiger partial charge in [-0.2, -0.15) is 0 Å². The topological polar surface area (TPSA) is 113 Å². The largest absolute Gasteiger partial charge is 0.488 e. The van der Waals surface area contributed by atoms with Gasteiger partial charge in [-0.1, -0.05) is 30.3 Å². The van der Waals surface area contributed by atoms with E-state index in [9.17, 15) is 16.8 Å². The molecule has 10 heteroatoms. The summed E-state index contributed by atoms with van der Waals surface area (Å²) in [4.78, 5) is 7.98. The fraction of sp³-hybridized carbons (Fsp3) is 0.154. The van der Waals surface area contributed by atoms with Crippen LogP contribution < -0.4 is 9.47 Å². The van der Waals surface area contributed by atoms with Crippen molar-refractivity contribution in [3.63, 3.8) is 0 Å². The second-order valence-corrected chi connectivity index (χ2v) is 12.3. The Morgan fingerprint density at radius 2 is 1.36 bits per heavy atom. The molecule has 0 bridgehead atoms. The number of rotatable bonds is 8. The molecule has 0 amide bonds. The van der Waals surface area contributed by atoms with Gasteiger partial charge in [0.2, 0.25) is 0 Å². The fourth-order valence-corrected chi connectivity index (χ4v) is 8.58. The van der Waals surface area contributed by atoms with Gasteiger partial charge >= 0.3 is 0 Å². The molecule has 8 nitrogen and oxygen atoms in total. The van der Waals surface area contributed by atoms with Gasteiger partial charge in [-0.15, -0.1) is 0 Å². The first kappa shape index (κ1) is 24.0. The predicted octanol–water partition coefficient (Wildman–Crippen LogP) is 3.94. The highest BCUT2D eigenvalue weighted by Crippen LogP contribution is 2.49. The van der Waals surface area contributed by atoms with Crippen molar-refractivity contribution in [1.82, 2.24) is 9.97 Å². The Kier molecular flexibility index (Phi) is 6.46. The van der Waals surface area contributed by atoms with Gasteiger partial charge in [0.05, 0.1) is 10.6 Å². The molecule has 36 heavy (non-hydrogen) atoms. The molecule has 184 valence electrons. The van der Waals surface area contributed by atoms with Crippen molar-refractivity contribution >= 4 is 19.7 Å². The molecule has 1 aliphatic heterocycles. The molecule has 0 aliphatic carbocycles. The van der Waals surface area contributed by atoms with E-state index in [1.54, 1.807) is 67.3 Å². The molecule has 1 aliphatic rings. The summed E-state index contributed by atoms with van der Waals surface area (Å²) >= 11 is 0. The smallest absolute Gasteiger partial charge is 0.186 e. The highest BCUT2D eigenvalue weighted by Gasteiger charge is 2.47. The van der Waals surface area contributed by atoms with Crippen molar-refractivity contribution in [3.05, 3.63) is 108 Å². The number of benzene rings is 2. The Balaban J connectivity index is 1.60. The second-order valence-electron chi connectivity index (χ2n) is 8.23. The number of nitrogens with zero attached hydrogens (tertiary/aromatic N) is 2. The Morgan fingerprint density at radius 3 is 1.94 bits per heavy atom. The van der Waals surface area contributed by atoms with Crippen LogP contribution in [0.25, 0.3) is 0 Å². The molecular weight excluding hydrogens is 500 g/mol. The maximum absolute atomic E-state index is 13.6. The van der Waals surface area contributed by atoms with Crippen molar-refractivity contribution in [3.8, 4) is 11.5 Å². The van der Waals surface area contributed by atoms with Crippen molar-refractivity contribution in [2.45, 2.75) is 28.3 Å². The van der Waals surface area contributed by atoms with Gasteiger partial charge < -0.3 is 9.47 Å². The molecule has 2 aromatic carbocycles. The van der Waals surface area contributed by atoms with E-state index in [2.05, 4.69) is 9.97 Å². The SMILES string of the molecule is O=S1(=O)CC(S(=O)(=O)c2ccccc2)c2c(OCc3cccnc3)ccc(OCc3cccnc3)c21. The molecule has 2 aromatic heterocycles. The quantitative estimate of drug-likeness (QED) is 0.342. The summed E-state index contributed by atoms with van der Waals surface area (Å²) in [5.74, 6) is -0.350. The average Bonchev–Trinajstić information content (AvgIpc) is 3.21. The van der Waals surface area contributed by atoms with Gasteiger partial charge in [0, 0.05) is 41.5 Å². The number of ether oxygens (including phenoxy) is 2. The number of sulfone groups is 2. The van der Waals surface area contributed by atoms with Crippen LogP contribution in [0.4, 0.5) is 0 Å². The minimum Gasteiger partial charge on any atom is -0.488 e. The molecule has 1 atom stereocenters. The van der Waals surface area contributed by atoms with Crippen molar-refractivity contribution in [2.24, 2.45) is 0 Å². The summed E-state index contributed by atoms with van der Waals surface area (Å²) < 4.78 is 65.8. The highest BCUT2D eigenvalue weighted by molar-refractivity contribution is 7.96. The first-order valence-electron chi connectivity index (χ1n) is 11.1. The molecule has 1 unspecified atom stereocenters. The van der Waals surface area contributed by atoms with Crippen molar-refractivity contribution < 1.29 is 26.3 Å². The number of pyridine rings is 2. The van der Waals surface area contributed by atoms with E-state index in [1.807, 2.05) is 6.07 Å². The van der Waals surface area contributed by atoms with Crippen LogP contribution in [0.15, 0.2) is 101 Å². The molecule has 3 heterocycles. The zero-order chi connectivity index (χ0) is 25.2. The number of aromatic nitrogens is 2. The van der Waals surface area contributed by atoms with E-state index >= 15 is 0 Å². The third kappa shape index (κ3) is 4.69. The summed E-state index contributed by atoms with van der Waals surface area (Å²) in [6.45, 7) is 0.163. The first-order chi connectivity index (χ1) is 17.4. The molecule has 0 saturated carbocycles. The minimum absolute atomic E-state index is 0.0398. The van der Waals surface area contributed by atoms with Crippen LogP contribution in [-0.4, -0.2) is 32.6 Å². The maximum Gasteiger partial charge on any atom is 0.186 e. The highest BCUT2D eigenvalue weighted by atomic mass is 32.2. The maximum atomic E-state index is 13.6. The molecule has 0 spiro atoms.